The first-order chi connectivity index (χ1) is 8.65. The molecule has 0 atom stereocenters. The molecule has 0 spiro atoms. The lowest BCUT2D eigenvalue weighted by Crippen LogP contribution is -2.27. The minimum Gasteiger partial charge on any atom is -0.381 e. The van der Waals surface area contributed by atoms with E-state index in [0.29, 0.717) is 25.3 Å². The van der Waals surface area contributed by atoms with Gasteiger partial charge in [-0.05, 0) is 12.5 Å². The smallest absolute Gasteiger partial charge is 0.251 e. The maximum atomic E-state index is 11.7. The van der Waals surface area contributed by atoms with E-state index < -0.39 is 0 Å². The molecule has 0 unspecified atom stereocenters. The molecule has 1 rings (SSSR count). The van der Waals surface area contributed by atoms with Crippen molar-refractivity contribution in [3.8, 4) is 0 Å². The highest BCUT2D eigenvalue weighted by Crippen LogP contribution is 1.94. The summed E-state index contributed by atoms with van der Waals surface area (Å²) in [5.74, 6) is -0.229. The highest BCUT2D eigenvalue weighted by atomic mass is 79.9. The standard InChI is InChI=1S/C12H17BrN2O3/c1-15-6-3-10(9-11(15)16)12(17)14-5-2-7-18-8-4-13/h3,6,9H,2,4-5,7-8H2,1H3,(H,14,17). The number of pyridine rings is 1. The van der Waals surface area contributed by atoms with Crippen molar-refractivity contribution in [2.45, 2.75) is 6.42 Å². The molecule has 100 valence electrons. The van der Waals surface area contributed by atoms with Crippen molar-refractivity contribution in [2.75, 3.05) is 25.1 Å². The second-order valence-electron chi connectivity index (χ2n) is 3.78. The molecule has 1 amide bonds. The zero-order chi connectivity index (χ0) is 13.4. The fraction of sp³-hybridized carbons (Fsp3) is 0.500. The number of amides is 1. The molecule has 1 aromatic heterocycles. The zero-order valence-electron chi connectivity index (χ0n) is 10.3. The fourth-order valence-corrected chi connectivity index (χ4v) is 1.55. The van der Waals surface area contributed by atoms with Crippen molar-refractivity contribution >= 4 is 21.8 Å². The molecule has 5 nitrogen and oxygen atoms in total. The Balaban J connectivity index is 2.32. The van der Waals surface area contributed by atoms with Crippen LogP contribution < -0.4 is 10.9 Å². The van der Waals surface area contributed by atoms with E-state index in [0.717, 1.165) is 11.8 Å². The number of hydrogen-bond acceptors (Lipinski definition) is 3. The van der Waals surface area contributed by atoms with Crippen molar-refractivity contribution in [3.63, 3.8) is 0 Å². The highest BCUT2D eigenvalue weighted by molar-refractivity contribution is 9.09. The predicted octanol–water partition coefficient (Wildman–Crippen LogP) is 0.917. The van der Waals surface area contributed by atoms with Gasteiger partial charge in [-0.2, -0.15) is 0 Å². The van der Waals surface area contributed by atoms with Gasteiger partial charge in [-0.1, -0.05) is 15.9 Å². The molecule has 0 bridgehead atoms. The van der Waals surface area contributed by atoms with Gasteiger partial charge in [-0.3, -0.25) is 9.59 Å². The Hall–Kier alpha value is -1.14. The molecule has 1 heterocycles. The molecule has 0 aliphatic heterocycles. The van der Waals surface area contributed by atoms with Crippen LogP contribution in [-0.4, -0.2) is 35.6 Å². The van der Waals surface area contributed by atoms with E-state index in [1.165, 1.54) is 10.6 Å². The second kappa shape index (κ2) is 8.05. The lowest BCUT2D eigenvalue weighted by Gasteiger charge is -2.06. The minimum atomic E-state index is -0.229. The number of hydrogen-bond donors (Lipinski definition) is 1. The molecule has 0 aliphatic carbocycles. The molecule has 0 aliphatic rings. The number of aromatic nitrogens is 1. The quantitative estimate of drug-likeness (QED) is 0.601. The lowest BCUT2D eigenvalue weighted by atomic mass is 10.2. The molecule has 6 heteroatoms. The summed E-state index contributed by atoms with van der Waals surface area (Å²) in [6.07, 6.45) is 2.33. The molecule has 0 saturated heterocycles. The number of alkyl halides is 1. The van der Waals surface area contributed by atoms with Crippen LogP contribution >= 0.6 is 15.9 Å². The highest BCUT2D eigenvalue weighted by Gasteiger charge is 2.05. The van der Waals surface area contributed by atoms with Crippen LogP contribution in [0.1, 0.15) is 16.8 Å². The van der Waals surface area contributed by atoms with Crippen molar-refractivity contribution in [1.29, 1.82) is 0 Å². The van der Waals surface area contributed by atoms with Crippen LogP contribution in [-0.2, 0) is 11.8 Å². The molecule has 0 radical (unpaired) electrons. The SMILES string of the molecule is Cn1ccc(C(=O)NCCCOCCBr)cc1=O. The topological polar surface area (TPSA) is 60.3 Å². The van der Waals surface area contributed by atoms with Crippen LogP contribution in [0, 0.1) is 0 Å². The van der Waals surface area contributed by atoms with Crippen molar-refractivity contribution in [2.24, 2.45) is 7.05 Å². The number of carbonyl (C=O) groups excluding carboxylic acids is 1. The van der Waals surface area contributed by atoms with Crippen LogP contribution in [0.25, 0.3) is 0 Å². The third-order valence-corrected chi connectivity index (χ3v) is 2.66. The predicted molar refractivity (Wildman–Crippen MR) is 73.2 cm³/mol. The Morgan fingerprint density at radius 2 is 2.28 bits per heavy atom. The van der Waals surface area contributed by atoms with Gasteiger partial charge in [0.15, 0.2) is 0 Å². The van der Waals surface area contributed by atoms with Gasteiger partial charge in [0.05, 0.1) is 6.61 Å². The number of halogens is 1. The van der Waals surface area contributed by atoms with Gasteiger partial charge >= 0.3 is 0 Å². The molecular weight excluding hydrogens is 300 g/mol. The summed E-state index contributed by atoms with van der Waals surface area (Å²) in [6.45, 7) is 1.82. The second-order valence-corrected chi connectivity index (χ2v) is 4.57. The Morgan fingerprint density at radius 1 is 1.50 bits per heavy atom. The first-order valence-corrected chi connectivity index (χ1v) is 6.86. The Labute approximate surface area is 114 Å². The summed E-state index contributed by atoms with van der Waals surface area (Å²) >= 11 is 3.26. The number of rotatable bonds is 7. The number of carbonyl (C=O) groups is 1. The Morgan fingerprint density at radius 3 is 2.94 bits per heavy atom. The molecule has 0 aromatic carbocycles. The van der Waals surface area contributed by atoms with Crippen LogP contribution in [0.4, 0.5) is 0 Å². The summed E-state index contributed by atoms with van der Waals surface area (Å²) in [5.41, 5.74) is 0.197. The van der Waals surface area contributed by atoms with Crippen molar-refractivity contribution in [3.05, 3.63) is 34.2 Å². The van der Waals surface area contributed by atoms with Crippen LogP contribution in [0.15, 0.2) is 23.1 Å². The molecule has 18 heavy (non-hydrogen) atoms. The van der Waals surface area contributed by atoms with E-state index in [-0.39, 0.29) is 11.5 Å². The number of ether oxygens (including phenoxy) is 1. The first kappa shape index (κ1) is 14.9. The molecule has 1 N–H and O–H groups in total. The van der Waals surface area contributed by atoms with Gasteiger partial charge in [0, 0.05) is 43.4 Å². The molecular formula is C12H17BrN2O3. The van der Waals surface area contributed by atoms with Gasteiger partial charge in [-0.25, -0.2) is 0 Å². The summed E-state index contributed by atoms with van der Waals surface area (Å²) < 4.78 is 6.68. The average Bonchev–Trinajstić information content (AvgIpc) is 2.36. The third kappa shape index (κ3) is 5.01. The summed E-state index contributed by atoms with van der Waals surface area (Å²) in [5, 5.41) is 3.56. The lowest BCUT2D eigenvalue weighted by molar-refractivity contribution is 0.0944. The van der Waals surface area contributed by atoms with Crippen LogP contribution in [0.2, 0.25) is 0 Å². The first-order valence-electron chi connectivity index (χ1n) is 5.73. The van der Waals surface area contributed by atoms with Gasteiger partial charge in [0.25, 0.3) is 11.5 Å². The molecule has 1 aromatic rings. The monoisotopic (exact) mass is 316 g/mol. The van der Waals surface area contributed by atoms with E-state index in [1.54, 1.807) is 19.3 Å². The minimum absolute atomic E-state index is 0.191. The average molecular weight is 317 g/mol. The maximum Gasteiger partial charge on any atom is 0.251 e. The number of nitrogens with one attached hydrogen (secondary N) is 1. The van der Waals surface area contributed by atoms with Gasteiger partial charge in [-0.15, -0.1) is 0 Å². The Kier molecular flexibility index (Phi) is 6.67. The van der Waals surface area contributed by atoms with E-state index in [1.807, 2.05) is 0 Å². The summed E-state index contributed by atoms with van der Waals surface area (Å²) in [6, 6.07) is 2.95. The fourth-order valence-electron chi connectivity index (χ4n) is 1.32. The number of aryl methyl sites for hydroxylation is 1. The van der Waals surface area contributed by atoms with Crippen molar-refractivity contribution < 1.29 is 9.53 Å². The Bertz CT molecular complexity index is 445. The maximum absolute atomic E-state index is 11.7. The number of nitrogens with zero attached hydrogens (tertiary/aromatic N) is 1. The third-order valence-electron chi connectivity index (χ3n) is 2.34. The van der Waals surface area contributed by atoms with Gasteiger partial charge < -0.3 is 14.6 Å². The van der Waals surface area contributed by atoms with Crippen molar-refractivity contribution in [1.82, 2.24) is 9.88 Å². The summed E-state index contributed by atoms with van der Waals surface area (Å²) in [7, 11) is 1.64. The van der Waals surface area contributed by atoms with E-state index in [2.05, 4.69) is 21.2 Å². The zero-order valence-corrected chi connectivity index (χ0v) is 11.9. The van der Waals surface area contributed by atoms with E-state index in [4.69, 9.17) is 4.74 Å². The largest absolute Gasteiger partial charge is 0.381 e. The molecule has 0 fully saturated rings. The normalized spacial score (nSPS) is 10.3. The summed E-state index contributed by atoms with van der Waals surface area (Å²) in [4.78, 5) is 23.0. The van der Waals surface area contributed by atoms with Crippen LogP contribution in [0.5, 0.6) is 0 Å². The van der Waals surface area contributed by atoms with Gasteiger partial charge in [0.1, 0.15) is 0 Å². The van der Waals surface area contributed by atoms with Crippen LogP contribution in [0.3, 0.4) is 0 Å². The van der Waals surface area contributed by atoms with Gasteiger partial charge in [0.2, 0.25) is 0 Å². The van der Waals surface area contributed by atoms with E-state index in [9.17, 15) is 9.59 Å². The molecule has 0 saturated carbocycles. The van der Waals surface area contributed by atoms with E-state index >= 15 is 0 Å².